The molecule has 0 radical (unpaired) electrons. The number of likely N-dealkylation sites (tertiary alicyclic amines) is 1. The Kier molecular flexibility index (Phi) is 6.86. The molecule has 31 heavy (non-hydrogen) atoms. The van der Waals surface area contributed by atoms with Gasteiger partial charge in [0, 0.05) is 26.1 Å². The fraction of sp³-hybridized carbons (Fsp3) is 0.476. The molecule has 0 spiro atoms. The van der Waals surface area contributed by atoms with Gasteiger partial charge in [-0.25, -0.2) is 4.79 Å². The average Bonchev–Trinajstić information content (AvgIpc) is 3.23. The summed E-state index contributed by atoms with van der Waals surface area (Å²) < 4.78 is 5.55. The van der Waals surface area contributed by atoms with Crippen molar-refractivity contribution in [2.75, 3.05) is 25.4 Å². The van der Waals surface area contributed by atoms with E-state index in [9.17, 15) is 14.4 Å². The molecule has 2 fully saturated rings. The number of imide groups is 1. The van der Waals surface area contributed by atoms with E-state index in [-0.39, 0.29) is 36.4 Å². The number of nitrogens with zero attached hydrogens (tertiary/aromatic N) is 4. The van der Waals surface area contributed by atoms with Crippen molar-refractivity contribution in [1.29, 1.82) is 0 Å². The average molecular weight is 444 g/mol. The van der Waals surface area contributed by atoms with Crippen LogP contribution in [-0.4, -0.2) is 63.2 Å². The van der Waals surface area contributed by atoms with Gasteiger partial charge in [0.2, 0.25) is 17.7 Å². The Morgan fingerprint density at radius 2 is 1.90 bits per heavy atom. The van der Waals surface area contributed by atoms with Crippen LogP contribution in [0.4, 0.5) is 4.79 Å². The van der Waals surface area contributed by atoms with E-state index in [1.54, 1.807) is 0 Å². The highest BCUT2D eigenvalue weighted by Gasteiger charge is 2.26. The summed E-state index contributed by atoms with van der Waals surface area (Å²) in [4.78, 5) is 38.9. The summed E-state index contributed by atoms with van der Waals surface area (Å²) >= 11 is 1.20. The summed E-state index contributed by atoms with van der Waals surface area (Å²) in [5, 5.41) is 10.4. The van der Waals surface area contributed by atoms with Gasteiger partial charge >= 0.3 is 6.03 Å². The first-order valence-corrected chi connectivity index (χ1v) is 11.4. The smallest absolute Gasteiger partial charge is 0.324 e. The minimum atomic E-state index is -0.463. The van der Waals surface area contributed by atoms with Crippen LogP contribution >= 0.6 is 11.8 Å². The van der Waals surface area contributed by atoms with Crippen molar-refractivity contribution in [2.24, 2.45) is 5.92 Å². The number of thioether (sulfide) groups is 1. The minimum absolute atomic E-state index is 0.0665. The molecule has 2 aliphatic rings. The fourth-order valence-corrected chi connectivity index (χ4v) is 4.51. The quantitative estimate of drug-likeness (QED) is 0.653. The molecule has 1 aromatic heterocycles. The Bertz CT molecular complexity index is 927. The molecular formula is C21H25N5O4S. The van der Waals surface area contributed by atoms with E-state index in [0.29, 0.717) is 17.7 Å². The molecule has 1 aromatic carbocycles. The Hall–Kier alpha value is -2.88. The lowest BCUT2D eigenvalue weighted by Crippen LogP contribution is -2.48. The summed E-state index contributed by atoms with van der Waals surface area (Å²) in [6, 6.07) is 10.0. The number of aromatic nitrogens is 2. The third kappa shape index (κ3) is 5.84. The first-order chi connectivity index (χ1) is 15.1. The predicted molar refractivity (Wildman–Crippen MR) is 113 cm³/mol. The molecular weight excluding hydrogens is 418 g/mol. The number of hydrogen-bond acceptors (Lipinski definition) is 7. The fourth-order valence-electron chi connectivity index (χ4n) is 3.82. The lowest BCUT2D eigenvalue weighted by atomic mass is 9.90. The normalized spacial score (nSPS) is 17.7. The summed E-state index contributed by atoms with van der Waals surface area (Å²) in [7, 11) is 0. The van der Waals surface area contributed by atoms with Crippen molar-refractivity contribution in [3.63, 3.8) is 0 Å². The molecule has 2 aliphatic heterocycles. The van der Waals surface area contributed by atoms with Gasteiger partial charge in [0.1, 0.15) is 6.54 Å². The van der Waals surface area contributed by atoms with Gasteiger partial charge in [-0.2, -0.15) is 0 Å². The molecule has 3 heterocycles. The van der Waals surface area contributed by atoms with E-state index in [1.165, 1.54) is 22.2 Å². The molecule has 2 aromatic rings. The maximum atomic E-state index is 12.6. The van der Waals surface area contributed by atoms with Gasteiger partial charge in [0.05, 0.1) is 5.75 Å². The molecule has 0 aliphatic carbocycles. The van der Waals surface area contributed by atoms with Crippen LogP contribution in [0.2, 0.25) is 0 Å². The molecule has 4 rings (SSSR count). The molecule has 1 N–H and O–H groups in total. The topological polar surface area (TPSA) is 109 Å². The van der Waals surface area contributed by atoms with Gasteiger partial charge in [-0.3, -0.25) is 14.9 Å². The van der Waals surface area contributed by atoms with E-state index >= 15 is 0 Å². The van der Waals surface area contributed by atoms with Crippen LogP contribution in [0.15, 0.2) is 40.0 Å². The highest BCUT2D eigenvalue weighted by Crippen LogP contribution is 2.23. The second-order valence-corrected chi connectivity index (χ2v) is 8.72. The molecule has 0 atom stereocenters. The van der Waals surface area contributed by atoms with Crippen molar-refractivity contribution in [3.05, 3.63) is 41.8 Å². The summed E-state index contributed by atoms with van der Waals surface area (Å²) in [6.07, 6.45) is 3.33. The zero-order chi connectivity index (χ0) is 21.6. The number of hydrogen-bond donors (Lipinski definition) is 1. The van der Waals surface area contributed by atoms with Gasteiger partial charge in [-0.05, 0) is 30.7 Å². The van der Waals surface area contributed by atoms with Crippen LogP contribution in [-0.2, 0) is 22.6 Å². The highest BCUT2D eigenvalue weighted by atomic mass is 32.2. The van der Waals surface area contributed by atoms with E-state index < -0.39 is 6.03 Å². The number of urea groups is 1. The highest BCUT2D eigenvalue weighted by molar-refractivity contribution is 7.99. The van der Waals surface area contributed by atoms with Crippen LogP contribution in [0, 0.1) is 5.92 Å². The standard InChI is InChI=1S/C21H25N5O4S/c27-17-8-11-26(20(29)22-17)13-18-23-24-21(30-18)31-14-19(28)25-9-6-16(7-10-25)12-15-4-2-1-3-5-15/h1-5,16H,6-14H2,(H,22,27,29). The Balaban J connectivity index is 1.19. The van der Waals surface area contributed by atoms with Gasteiger partial charge in [-0.1, -0.05) is 42.1 Å². The Labute approximate surface area is 184 Å². The molecule has 0 bridgehead atoms. The SMILES string of the molecule is O=C1CCN(Cc2nnc(SCC(=O)N3CCC(Cc4ccccc4)CC3)o2)C(=O)N1. The molecule has 0 unspecified atom stereocenters. The monoisotopic (exact) mass is 443 g/mol. The van der Waals surface area contributed by atoms with Crippen molar-refractivity contribution in [1.82, 2.24) is 25.3 Å². The number of piperidine rings is 1. The van der Waals surface area contributed by atoms with Gasteiger partial charge < -0.3 is 14.2 Å². The van der Waals surface area contributed by atoms with Gasteiger partial charge in [0.15, 0.2) is 0 Å². The van der Waals surface area contributed by atoms with Crippen LogP contribution in [0.25, 0.3) is 0 Å². The van der Waals surface area contributed by atoms with E-state index in [1.807, 2.05) is 11.0 Å². The van der Waals surface area contributed by atoms with Crippen molar-refractivity contribution < 1.29 is 18.8 Å². The van der Waals surface area contributed by atoms with Crippen molar-refractivity contribution in [3.8, 4) is 0 Å². The van der Waals surface area contributed by atoms with Crippen LogP contribution in [0.3, 0.4) is 0 Å². The number of amides is 4. The second-order valence-electron chi connectivity index (χ2n) is 7.79. The number of carbonyl (C=O) groups is 3. The van der Waals surface area contributed by atoms with Gasteiger partial charge in [-0.15, -0.1) is 10.2 Å². The largest absolute Gasteiger partial charge is 0.414 e. The number of rotatable bonds is 7. The Morgan fingerprint density at radius 3 is 2.65 bits per heavy atom. The maximum absolute atomic E-state index is 12.6. The summed E-state index contributed by atoms with van der Waals surface area (Å²) in [5.41, 5.74) is 1.35. The molecule has 4 amide bonds. The van der Waals surface area contributed by atoms with Gasteiger partial charge in [0.25, 0.3) is 5.22 Å². The lowest BCUT2D eigenvalue weighted by Gasteiger charge is -2.32. The van der Waals surface area contributed by atoms with Crippen LogP contribution in [0.5, 0.6) is 0 Å². The summed E-state index contributed by atoms with van der Waals surface area (Å²) in [5.74, 6) is 0.910. The minimum Gasteiger partial charge on any atom is -0.414 e. The van der Waals surface area contributed by atoms with Crippen LogP contribution < -0.4 is 5.32 Å². The second kappa shape index (κ2) is 9.95. The molecule has 10 heteroatoms. The lowest BCUT2D eigenvalue weighted by molar-refractivity contribution is -0.129. The maximum Gasteiger partial charge on any atom is 0.324 e. The summed E-state index contributed by atoms with van der Waals surface area (Å²) in [6.45, 7) is 1.99. The predicted octanol–water partition coefficient (Wildman–Crippen LogP) is 2.08. The molecule has 0 saturated carbocycles. The first-order valence-electron chi connectivity index (χ1n) is 10.4. The van der Waals surface area contributed by atoms with Crippen LogP contribution in [0.1, 0.15) is 30.7 Å². The zero-order valence-electron chi connectivity index (χ0n) is 17.2. The van der Waals surface area contributed by atoms with E-state index in [4.69, 9.17) is 4.42 Å². The molecule has 164 valence electrons. The third-order valence-electron chi connectivity index (χ3n) is 5.57. The third-order valence-corrected chi connectivity index (χ3v) is 6.37. The zero-order valence-corrected chi connectivity index (χ0v) is 18.0. The molecule has 2 saturated heterocycles. The number of benzene rings is 1. The van der Waals surface area contributed by atoms with Crippen molar-refractivity contribution in [2.45, 2.75) is 37.5 Å². The van der Waals surface area contributed by atoms with E-state index in [2.05, 4.69) is 39.8 Å². The number of carbonyl (C=O) groups excluding carboxylic acids is 3. The Morgan fingerprint density at radius 1 is 1.13 bits per heavy atom. The van der Waals surface area contributed by atoms with Crippen molar-refractivity contribution >= 4 is 29.6 Å². The van der Waals surface area contributed by atoms with E-state index in [0.717, 1.165) is 32.4 Å². The molecule has 9 nitrogen and oxygen atoms in total. The number of nitrogens with one attached hydrogen (secondary N) is 1. The first kappa shape index (κ1) is 21.4.